The van der Waals surface area contributed by atoms with Gasteiger partial charge in [0, 0.05) is 39.0 Å². The van der Waals surface area contributed by atoms with Crippen molar-refractivity contribution in [2.45, 2.75) is 12.1 Å². The van der Waals surface area contributed by atoms with Crippen LogP contribution in [0.15, 0.2) is 64.4 Å². The Balaban J connectivity index is 1.24. The van der Waals surface area contributed by atoms with Crippen LogP contribution in [0.5, 0.6) is 0 Å². The predicted octanol–water partition coefficient (Wildman–Crippen LogP) is 5.86. The highest BCUT2D eigenvalue weighted by Crippen LogP contribution is 2.34. The maximum absolute atomic E-state index is 12.5. The summed E-state index contributed by atoms with van der Waals surface area (Å²) in [5.41, 5.74) is 4.16. The highest BCUT2D eigenvalue weighted by molar-refractivity contribution is 7.99. The molecule has 0 saturated carbocycles. The molecule has 0 fully saturated rings. The molecule has 0 atom stereocenters. The van der Waals surface area contributed by atoms with Crippen molar-refractivity contribution < 1.29 is 4.79 Å². The standard InChI is InChI=1S/C23H19N5OS3/c1-14-7-9-15(10-8-14)18-12-31-22(24-18)25-20(29)13-32-23-27-26-21(28(23)2)17-11-30-19-6-4-3-5-16(17)19/h3-12H,13H2,1-2H3,(H,24,25,29). The van der Waals surface area contributed by atoms with Crippen LogP contribution in [-0.4, -0.2) is 31.4 Å². The first-order valence-electron chi connectivity index (χ1n) is 9.90. The molecule has 2 aromatic carbocycles. The average molecular weight is 478 g/mol. The number of hydrogen-bond acceptors (Lipinski definition) is 7. The first kappa shape index (κ1) is 20.9. The number of carbonyl (C=O) groups is 1. The zero-order valence-corrected chi connectivity index (χ0v) is 19.9. The van der Waals surface area contributed by atoms with Gasteiger partial charge in [-0.3, -0.25) is 4.79 Å². The fourth-order valence-corrected chi connectivity index (χ4v) is 5.69. The largest absolute Gasteiger partial charge is 0.305 e. The Labute approximate surface area is 197 Å². The minimum Gasteiger partial charge on any atom is -0.305 e. The lowest BCUT2D eigenvalue weighted by molar-refractivity contribution is -0.113. The van der Waals surface area contributed by atoms with Crippen LogP contribution in [0.25, 0.3) is 32.7 Å². The van der Waals surface area contributed by atoms with Crippen molar-refractivity contribution in [3.05, 3.63) is 64.9 Å². The lowest BCUT2D eigenvalue weighted by Gasteiger charge is -2.04. The summed E-state index contributed by atoms with van der Waals surface area (Å²) in [6, 6.07) is 16.4. The zero-order valence-electron chi connectivity index (χ0n) is 17.4. The third kappa shape index (κ3) is 4.19. The van der Waals surface area contributed by atoms with E-state index in [2.05, 4.69) is 57.1 Å². The van der Waals surface area contributed by atoms with E-state index in [1.54, 1.807) is 11.3 Å². The van der Waals surface area contributed by atoms with Gasteiger partial charge in [0.2, 0.25) is 5.91 Å². The number of thioether (sulfide) groups is 1. The number of nitrogens with one attached hydrogen (secondary N) is 1. The minimum absolute atomic E-state index is 0.120. The number of carbonyl (C=O) groups excluding carboxylic acids is 1. The molecule has 9 heteroatoms. The van der Waals surface area contributed by atoms with Crippen LogP contribution >= 0.6 is 34.4 Å². The summed E-state index contributed by atoms with van der Waals surface area (Å²) >= 11 is 4.47. The molecule has 0 aliphatic heterocycles. The van der Waals surface area contributed by atoms with E-state index in [9.17, 15) is 4.79 Å². The number of aryl methyl sites for hydroxylation is 1. The van der Waals surface area contributed by atoms with Gasteiger partial charge in [0.15, 0.2) is 16.1 Å². The average Bonchev–Trinajstić information content (AvgIpc) is 3.52. The van der Waals surface area contributed by atoms with Gasteiger partial charge in [-0.25, -0.2) is 4.98 Å². The first-order valence-corrected chi connectivity index (χ1v) is 12.6. The molecular formula is C23H19N5OS3. The monoisotopic (exact) mass is 477 g/mol. The molecule has 0 unspecified atom stereocenters. The number of amides is 1. The second kappa shape index (κ2) is 8.85. The van der Waals surface area contributed by atoms with Crippen molar-refractivity contribution in [3.63, 3.8) is 0 Å². The molecule has 5 rings (SSSR count). The molecule has 1 amide bonds. The highest BCUT2D eigenvalue weighted by atomic mass is 32.2. The van der Waals surface area contributed by atoms with Gasteiger partial charge in [-0.15, -0.1) is 32.9 Å². The lowest BCUT2D eigenvalue weighted by Crippen LogP contribution is -2.14. The van der Waals surface area contributed by atoms with Crippen molar-refractivity contribution >= 4 is 55.6 Å². The van der Waals surface area contributed by atoms with Crippen molar-refractivity contribution in [1.82, 2.24) is 19.7 Å². The SMILES string of the molecule is Cc1ccc(-c2csc(NC(=O)CSc3nnc(-c4csc5ccccc45)n3C)n2)cc1. The van der Waals surface area contributed by atoms with E-state index in [4.69, 9.17) is 0 Å². The van der Waals surface area contributed by atoms with E-state index in [-0.39, 0.29) is 11.7 Å². The maximum Gasteiger partial charge on any atom is 0.236 e. The smallest absolute Gasteiger partial charge is 0.236 e. The van der Waals surface area contributed by atoms with Gasteiger partial charge in [-0.1, -0.05) is 59.8 Å². The Morgan fingerprint density at radius 2 is 1.88 bits per heavy atom. The second-order valence-corrected chi connectivity index (χ2v) is 9.96. The topological polar surface area (TPSA) is 72.7 Å². The Hall–Kier alpha value is -3.01. The Morgan fingerprint density at radius 3 is 2.72 bits per heavy atom. The maximum atomic E-state index is 12.5. The molecule has 0 aliphatic carbocycles. The van der Waals surface area contributed by atoms with Crippen LogP contribution in [0.3, 0.4) is 0 Å². The third-order valence-electron chi connectivity index (χ3n) is 4.99. The number of hydrogen-bond donors (Lipinski definition) is 1. The van der Waals surface area contributed by atoms with E-state index >= 15 is 0 Å². The summed E-state index contributed by atoms with van der Waals surface area (Å²) in [5, 5.41) is 18.1. The van der Waals surface area contributed by atoms with Crippen LogP contribution in [-0.2, 0) is 11.8 Å². The zero-order chi connectivity index (χ0) is 22.1. The third-order valence-corrected chi connectivity index (χ3v) is 7.73. The molecule has 0 aliphatic rings. The first-order chi connectivity index (χ1) is 15.6. The highest BCUT2D eigenvalue weighted by Gasteiger charge is 2.16. The molecule has 6 nitrogen and oxygen atoms in total. The molecule has 0 spiro atoms. The van der Waals surface area contributed by atoms with E-state index in [0.717, 1.165) is 28.0 Å². The predicted molar refractivity (Wildman–Crippen MR) is 133 cm³/mol. The van der Waals surface area contributed by atoms with Gasteiger partial charge in [0.1, 0.15) is 0 Å². The number of anilines is 1. The van der Waals surface area contributed by atoms with E-state index in [1.165, 1.54) is 33.4 Å². The lowest BCUT2D eigenvalue weighted by atomic mass is 10.1. The van der Waals surface area contributed by atoms with Gasteiger partial charge in [0.25, 0.3) is 0 Å². The van der Waals surface area contributed by atoms with Gasteiger partial charge in [0.05, 0.1) is 11.4 Å². The molecule has 0 saturated heterocycles. The van der Waals surface area contributed by atoms with Crippen LogP contribution in [0.4, 0.5) is 5.13 Å². The van der Waals surface area contributed by atoms with Crippen molar-refractivity contribution in [2.24, 2.45) is 7.05 Å². The summed E-state index contributed by atoms with van der Waals surface area (Å²) in [6.07, 6.45) is 0. The number of fused-ring (bicyclic) bond motifs is 1. The summed E-state index contributed by atoms with van der Waals surface area (Å²) in [5.74, 6) is 0.911. The molecular weight excluding hydrogens is 458 g/mol. The van der Waals surface area contributed by atoms with Crippen LogP contribution in [0.2, 0.25) is 0 Å². The normalized spacial score (nSPS) is 11.2. The number of rotatable bonds is 6. The molecule has 160 valence electrons. The Bertz CT molecular complexity index is 1400. The fraction of sp³-hybridized carbons (Fsp3) is 0.130. The Morgan fingerprint density at radius 1 is 1.06 bits per heavy atom. The molecule has 3 heterocycles. The molecule has 1 N–H and O–H groups in total. The second-order valence-electron chi connectivity index (χ2n) is 7.25. The number of thiazole rings is 1. The number of thiophene rings is 1. The van der Waals surface area contributed by atoms with Crippen LogP contribution in [0, 0.1) is 6.92 Å². The van der Waals surface area contributed by atoms with Crippen LogP contribution < -0.4 is 5.32 Å². The van der Waals surface area contributed by atoms with Crippen molar-refractivity contribution in [3.8, 4) is 22.6 Å². The van der Waals surface area contributed by atoms with Gasteiger partial charge < -0.3 is 9.88 Å². The molecule has 0 radical (unpaired) electrons. The summed E-state index contributed by atoms with van der Waals surface area (Å²) in [7, 11) is 1.93. The number of nitrogens with zero attached hydrogens (tertiary/aromatic N) is 4. The van der Waals surface area contributed by atoms with E-state index in [1.807, 2.05) is 41.3 Å². The quantitative estimate of drug-likeness (QED) is 0.310. The molecule has 5 aromatic rings. The Kier molecular flexibility index (Phi) is 5.77. The summed E-state index contributed by atoms with van der Waals surface area (Å²) in [6.45, 7) is 2.05. The van der Waals surface area contributed by atoms with Gasteiger partial charge in [-0.05, 0) is 13.0 Å². The van der Waals surface area contributed by atoms with Crippen LogP contribution in [0.1, 0.15) is 5.56 Å². The van der Waals surface area contributed by atoms with Gasteiger partial charge >= 0.3 is 0 Å². The van der Waals surface area contributed by atoms with Crippen molar-refractivity contribution in [2.75, 3.05) is 11.1 Å². The van der Waals surface area contributed by atoms with E-state index < -0.39 is 0 Å². The fourth-order valence-electron chi connectivity index (χ4n) is 3.30. The molecule has 32 heavy (non-hydrogen) atoms. The number of aromatic nitrogens is 4. The van der Waals surface area contributed by atoms with E-state index in [0.29, 0.717) is 10.3 Å². The minimum atomic E-state index is -0.120. The summed E-state index contributed by atoms with van der Waals surface area (Å²) < 4.78 is 3.15. The van der Waals surface area contributed by atoms with Crippen molar-refractivity contribution in [1.29, 1.82) is 0 Å². The van der Waals surface area contributed by atoms with Gasteiger partial charge in [-0.2, -0.15) is 0 Å². The summed E-state index contributed by atoms with van der Waals surface area (Å²) in [4.78, 5) is 17.0. The molecule has 3 aromatic heterocycles. The number of benzene rings is 2. The molecule has 0 bridgehead atoms.